The molecule has 0 amide bonds. The van der Waals surface area contributed by atoms with Crippen LogP contribution in [0.2, 0.25) is 0 Å². The van der Waals surface area contributed by atoms with Gasteiger partial charge in [-0.05, 0) is 66.9 Å². The van der Waals surface area contributed by atoms with Gasteiger partial charge in [0.05, 0.1) is 12.8 Å². The largest absolute Gasteiger partial charge is 0.464 e. The first-order valence-corrected chi connectivity index (χ1v) is 13.6. The van der Waals surface area contributed by atoms with E-state index < -0.39 is 18.8 Å². The van der Waals surface area contributed by atoms with Crippen molar-refractivity contribution in [2.75, 3.05) is 29.4 Å². The van der Waals surface area contributed by atoms with Crippen LogP contribution in [-0.2, 0) is 6.54 Å². The molecule has 0 saturated carbocycles. The van der Waals surface area contributed by atoms with Crippen LogP contribution >= 0.6 is 0 Å². The molecule has 0 radical (unpaired) electrons. The molecule has 1 fully saturated rings. The third-order valence-electron chi connectivity index (χ3n) is 7.10. The normalized spacial score (nSPS) is 14.9. The third kappa shape index (κ3) is 6.99. The first kappa shape index (κ1) is 27.6. The molecule has 0 aliphatic carbocycles. The minimum Gasteiger partial charge on any atom is -0.464 e. The number of aliphatic hydroxyl groups excluding tert-OH is 1. The van der Waals surface area contributed by atoms with Crippen LogP contribution < -0.4 is 14.5 Å². The molecule has 1 aromatic heterocycles. The molecular weight excluding hydrogens is 517 g/mol. The van der Waals surface area contributed by atoms with E-state index in [9.17, 15) is 18.3 Å². The van der Waals surface area contributed by atoms with Crippen molar-refractivity contribution in [1.29, 1.82) is 0 Å². The molecule has 40 heavy (non-hydrogen) atoms. The van der Waals surface area contributed by atoms with Gasteiger partial charge in [-0.1, -0.05) is 43.2 Å². The Labute approximate surface area is 232 Å². The topological polar surface area (TPSA) is 49.1 Å². The highest BCUT2D eigenvalue weighted by atomic mass is 19.4. The summed E-state index contributed by atoms with van der Waals surface area (Å²) in [7, 11) is 0. The maximum atomic E-state index is 13.5. The minimum atomic E-state index is -4.74. The zero-order valence-electron chi connectivity index (χ0n) is 22.2. The van der Waals surface area contributed by atoms with Crippen LogP contribution in [0.3, 0.4) is 0 Å². The average molecular weight is 551 g/mol. The number of benzene rings is 3. The fourth-order valence-corrected chi connectivity index (χ4v) is 5.06. The second-order valence-electron chi connectivity index (χ2n) is 10.1. The average Bonchev–Trinajstić information content (AvgIpc) is 3.35. The molecule has 1 aliphatic heterocycles. The first-order chi connectivity index (χ1) is 19.4. The van der Waals surface area contributed by atoms with Crippen LogP contribution in [0.25, 0.3) is 11.3 Å². The Balaban J connectivity index is 1.46. The van der Waals surface area contributed by atoms with E-state index in [1.807, 2.05) is 48.5 Å². The summed E-state index contributed by atoms with van der Waals surface area (Å²) >= 11 is 0. The molecule has 2 heterocycles. The maximum absolute atomic E-state index is 13.5. The number of furan rings is 1. The fourth-order valence-electron chi connectivity index (χ4n) is 5.06. The van der Waals surface area contributed by atoms with E-state index in [0.717, 1.165) is 42.7 Å². The second-order valence-corrected chi connectivity index (χ2v) is 10.1. The zero-order chi connectivity index (χ0) is 28.0. The second kappa shape index (κ2) is 12.5. The molecule has 0 spiro atoms. The predicted octanol–water partition coefficient (Wildman–Crippen LogP) is 8.05. The van der Waals surface area contributed by atoms with Crippen LogP contribution in [0.1, 0.15) is 31.2 Å². The van der Waals surface area contributed by atoms with E-state index in [1.165, 1.54) is 17.7 Å². The minimum absolute atomic E-state index is 0.149. The van der Waals surface area contributed by atoms with Crippen molar-refractivity contribution in [3.63, 3.8) is 0 Å². The molecule has 1 atom stereocenters. The number of halogens is 3. The summed E-state index contributed by atoms with van der Waals surface area (Å²) in [5, 5.41) is 10.0. The molecular formula is C32H33F3N2O3. The Morgan fingerprint density at radius 1 is 0.850 bits per heavy atom. The van der Waals surface area contributed by atoms with Gasteiger partial charge in [0.15, 0.2) is 6.10 Å². The summed E-state index contributed by atoms with van der Waals surface area (Å²) < 4.78 is 52.0. The first-order valence-electron chi connectivity index (χ1n) is 13.6. The lowest BCUT2D eigenvalue weighted by Gasteiger charge is -2.30. The lowest BCUT2D eigenvalue weighted by atomic mass is 10.0. The number of alkyl halides is 3. The van der Waals surface area contributed by atoms with Crippen molar-refractivity contribution in [3.8, 4) is 22.8 Å². The van der Waals surface area contributed by atoms with E-state index in [2.05, 4.69) is 4.90 Å². The number of ether oxygens (including phenoxy) is 1. The Kier molecular flexibility index (Phi) is 8.65. The van der Waals surface area contributed by atoms with Crippen molar-refractivity contribution >= 4 is 11.4 Å². The van der Waals surface area contributed by atoms with Crippen LogP contribution in [0.4, 0.5) is 24.5 Å². The lowest BCUT2D eigenvalue weighted by Crippen LogP contribution is -2.40. The van der Waals surface area contributed by atoms with Crippen molar-refractivity contribution in [2.45, 2.75) is 44.5 Å². The lowest BCUT2D eigenvalue weighted by molar-refractivity contribution is -0.200. The highest BCUT2D eigenvalue weighted by Crippen LogP contribution is 2.35. The maximum Gasteiger partial charge on any atom is 0.416 e. The summed E-state index contributed by atoms with van der Waals surface area (Å²) in [6, 6.07) is 25.8. The molecule has 5 nitrogen and oxygen atoms in total. The molecule has 8 heteroatoms. The summed E-state index contributed by atoms with van der Waals surface area (Å²) in [5.41, 5.74) is 3.27. The van der Waals surface area contributed by atoms with Gasteiger partial charge in [0.2, 0.25) is 0 Å². The Morgan fingerprint density at radius 3 is 2.30 bits per heavy atom. The smallest absolute Gasteiger partial charge is 0.416 e. The predicted molar refractivity (Wildman–Crippen MR) is 151 cm³/mol. The van der Waals surface area contributed by atoms with Gasteiger partial charge in [0.25, 0.3) is 0 Å². The van der Waals surface area contributed by atoms with Gasteiger partial charge in [0, 0.05) is 42.6 Å². The van der Waals surface area contributed by atoms with Crippen LogP contribution in [-0.4, -0.2) is 37.0 Å². The highest BCUT2D eigenvalue weighted by molar-refractivity contribution is 5.76. The SMILES string of the molecule is OC(CN(Cc1ccc(N2CCCCCC2)c(-c2ccco2)c1)c1cccc(Oc2ccccc2)c1)C(F)(F)F. The number of hydrogen-bond donors (Lipinski definition) is 1. The van der Waals surface area contributed by atoms with Gasteiger partial charge in [-0.2, -0.15) is 13.2 Å². The van der Waals surface area contributed by atoms with Gasteiger partial charge in [0.1, 0.15) is 17.3 Å². The van der Waals surface area contributed by atoms with Crippen LogP contribution in [0.5, 0.6) is 11.5 Å². The van der Waals surface area contributed by atoms with Gasteiger partial charge in [-0.3, -0.25) is 0 Å². The van der Waals surface area contributed by atoms with Gasteiger partial charge < -0.3 is 24.1 Å². The quantitative estimate of drug-likeness (QED) is 0.229. The molecule has 210 valence electrons. The monoisotopic (exact) mass is 550 g/mol. The van der Waals surface area contributed by atoms with Crippen molar-refractivity contribution < 1.29 is 27.4 Å². The van der Waals surface area contributed by atoms with E-state index in [0.29, 0.717) is 22.9 Å². The fraction of sp³-hybridized carbons (Fsp3) is 0.312. The Morgan fingerprint density at radius 2 is 1.60 bits per heavy atom. The molecule has 1 N–H and O–H groups in total. The molecule has 3 aromatic carbocycles. The standard InChI is InChI=1S/C32H33F3N2O3/c33-32(34,35)31(38)23-37(25-10-8-13-27(21-25)40-26-11-4-3-5-12-26)22-24-15-16-29(36-17-6-1-2-7-18-36)28(20-24)30-14-9-19-39-30/h3-5,8-16,19-21,31,38H,1-2,6-7,17-18,22-23H2. The number of aliphatic hydroxyl groups is 1. The van der Waals surface area contributed by atoms with Crippen molar-refractivity contribution in [3.05, 3.63) is 96.8 Å². The van der Waals surface area contributed by atoms with Crippen LogP contribution in [0.15, 0.2) is 95.6 Å². The Hall–Kier alpha value is -3.91. The zero-order valence-corrected chi connectivity index (χ0v) is 22.2. The molecule has 5 rings (SSSR count). The van der Waals surface area contributed by atoms with E-state index >= 15 is 0 Å². The van der Waals surface area contributed by atoms with E-state index in [-0.39, 0.29) is 6.54 Å². The summed E-state index contributed by atoms with van der Waals surface area (Å²) in [6.07, 6.45) is -0.993. The number of nitrogens with zero attached hydrogens (tertiary/aromatic N) is 2. The van der Waals surface area contributed by atoms with Crippen molar-refractivity contribution in [1.82, 2.24) is 0 Å². The van der Waals surface area contributed by atoms with Gasteiger partial charge >= 0.3 is 6.18 Å². The third-order valence-corrected chi connectivity index (χ3v) is 7.10. The summed E-state index contributed by atoms with van der Waals surface area (Å²) in [6.45, 7) is 1.43. The molecule has 1 saturated heterocycles. The van der Waals surface area contributed by atoms with Crippen LogP contribution in [0, 0.1) is 0 Å². The summed E-state index contributed by atoms with van der Waals surface area (Å²) in [4.78, 5) is 3.90. The van der Waals surface area contributed by atoms with E-state index in [1.54, 1.807) is 42.7 Å². The van der Waals surface area contributed by atoms with E-state index in [4.69, 9.17) is 9.15 Å². The molecule has 4 aromatic rings. The number of anilines is 2. The number of rotatable bonds is 9. The molecule has 1 unspecified atom stereocenters. The number of hydrogen-bond acceptors (Lipinski definition) is 5. The molecule has 1 aliphatic rings. The number of para-hydroxylation sites is 1. The van der Waals surface area contributed by atoms with Gasteiger partial charge in [-0.25, -0.2) is 0 Å². The van der Waals surface area contributed by atoms with Gasteiger partial charge in [-0.15, -0.1) is 0 Å². The summed E-state index contributed by atoms with van der Waals surface area (Å²) in [5.74, 6) is 1.82. The highest BCUT2D eigenvalue weighted by Gasteiger charge is 2.39. The Bertz CT molecular complexity index is 1350. The molecule has 0 bridgehead atoms. The van der Waals surface area contributed by atoms with Crippen molar-refractivity contribution in [2.24, 2.45) is 0 Å².